The quantitative estimate of drug-likeness (QED) is 0.664. The molecule has 0 bridgehead atoms. The summed E-state index contributed by atoms with van der Waals surface area (Å²) in [5.41, 5.74) is -2.17. The van der Waals surface area contributed by atoms with E-state index in [0.29, 0.717) is 4.90 Å². The van der Waals surface area contributed by atoms with Crippen molar-refractivity contribution < 1.29 is 33.7 Å². The van der Waals surface area contributed by atoms with Crippen LogP contribution in [0.1, 0.15) is 62.3 Å². The van der Waals surface area contributed by atoms with Gasteiger partial charge in [0.05, 0.1) is 6.61 Å². The average Bonchev–Trinajstić information content (AvgIpc) is 2.40. The number of ether oxygens (including phenoxy) is 3. The zero-order valence-electron chi connectivity index (χ0n) is 18.5. The van der Waals surface area contributed by atoms with E-state index in [9.17, 15) is 19.5 Å². The van der Waals surface area contributed by atoms with Crippen molar-refractivity contribution in [2.24, 2.45) is 5.41 Å². The highest BCUT2D eigenvalue weighted by molar-refractivity contribution is 5.94. The van der Waals surface area contributed by atoms with Gasteiger partial charge in [-0.1, -0.05) is 26.8 Å². The summed E-state index contributed by atoms with van der Waals surface area (Å²) in [4.78, 5) is 37.9. The lowest BCUT2D eigenvalue weighted by molar-refractivity contribution is -0.148. The zero-order chi connectivity index (χ0) is 22.5. The number of carboxylic acids is 1. The molecule has 0 aromatic heterocycles. The molecule has 2 atom stereocenters. The van der Waals surface area contributed by atoms with Crippen LogP contribution in [0, 0.1) is 5.41 Å². The van der Waals surface area contributed by atoms with Crippen molar-refractivity contribution in [3.8, 4) is 0 Å². The molecule has 0 aliphatic heterocycles. The van der Waals surface area contributed by atoms with E-state index < -0.39 is 41.5 Å². The van der Waals surface area contributed by atoms with Crippen molar-refractivity contribution in [3.63, 3.8) is 0 Å². The lowest BCUT2D eigenvalue weighted by Crippen LogP contribution is -2.56. The molecular formula is C20H35NO7. The van der Waals surface area contributed by atoms with E-state index in [1.54, 1.807) is 41.5 Å². The maximum absolute atomic E-state index is 12.7. The third kappa shape index (κ3) is 9.73. The second-order valence-electron chi connectivity index (χ2n) is 9.69. The number of hydrogen-bond acceptors (Lipinski definition) is 6. The molecule has 1 N–H and O–H groups in total. The van der Waals surface area contributed by atoms with Gasteiger partial charge in [0.2, 0.25) is 0 Å². The predicted molar refractivity (Wildman–Crippen MR) is 105 cm³/mol. The molecule has 162 valence electrons. The summed E-state index contributed by atoms with van der Waals surface area (Å²) < 4.78 is 16.1. The topological polar surface area (TPSA) is 102 Å². The molecule has 0 saturated carbocycles. The maximum atomic E-state index is 12.7. The van der Waals surface area contributed by atoms with E-state index >= 15 is 0 Å². The van der Waals surface area contributed by atoms with E-state index in [0.717, 1.165) is 0 Å². The Hall–Kier alpha value is -2.09. The number of carbonyl (C=O) groups is 3. The van der Waals surface area contributed by atoms with Gasteiger partial charge in [-0.05, 0) is 47.0 Å². The molecule has 0 aromatic carbocycles. The number of rotatable bonds is 6. The third-order valence-electron chi connectivity index (χ3n) is 2.96. The minimum atomic E-state index is -1.70. The summed E-state index contributed by atoms with van der Waals surface area (Å²) in [5, 5.41) is 9.78. The second kappa shape index (κ2) is 9.41. The van der Waals surface area contributed by atoms with Crippen LogP contribution in [0.5, 0.6) is 0 Å². The van der Waals surface area contributed by atoms with E-state index in [-0.39, 0.29) is 12.0 Å². The van der Waals surface area contributed by atoms with Crippen LogP contribution in [0.15, 0.2) is 12.7 Å². The van der Waals surface area contributed by atoms with Crippen molar-refractivity contribution in [2.75, 3.05) is 6.61 Å². The van der Waals surface area contributed by atoms with Crippen molar-refractivity contribution >= 4 is 18.2 Å². The molecule has 0 saturated heterocycles. The average molecular weight is 402 g/mol. The minimum absolute atomic E-state index is 0.184. The summed E-state index contributed by atoms with van der Waals surface area (Å²) >= 11 is 0. The van der Waals surface area contributed by atoms with Crippen LogP contribution < -0.4 is 0 Å². The van der Waals surface area contributed by atoms with Crippen LogP contribution in [0.4, 0.5) is 9.59 Å². The number of carbonyl (C=O) groups excluding carboxylic acids is 2. The fourth-order valence-electron chi connectivity index (χ4n) is 1.96. The van der Waals surface area contributed by atoms with Gasteiger partial charge in [0, 0.05) is 0 Å². The monoisotopic (exact) mass is 401 g/mol. The van der Waals surface area contributed by atoms with Gasteiger partial charge in [0.1, 0.15) is 17.3 Å². The molecule has 0 unspecified atom stereocenters. The molecule has 0 radical (unpaired) electrons. The third-order valence-corrected chi connectivity index (χ3v) is 2.96. The lowest BCUT2D eigenvalue weighted by atomic mass is 9.98. The van der Waals surface area contributed by atoms with Gasteiger partial charge >= 0.3 is 18.2 Å². The summed E-state index contributed by atoms with van der Waals surface area (Å²) in [7, 11) is 0. The fraction of sp³-hybridized carbons (Fsp3) is 0.750. The first-order valence-electron chi connectivity index (χ1n) is 9.10. The van der Waals surface area contributed by atoms with Crippen molar-refractivity contribution in [2.45, 2.75) is 85.7 Å². The minimum Gasteiger partial charge on any atom is -0.480 e. The number of imide groups is 1. The van der Waals surface area contributed by atoms with Crippen LogP contribution in [0.2, 0.25) is 0 Å². The molecule has 8 nitrogen and oxygen atoms in total. The van der Waals surface area contributed by atoms with E-state index in [1.165, 1.54) is 6.08 Å². The summed E-state index contributed by atoms with van der Waals surface area (Å²) in [6.45, 7) is 19.1. The molecule has 0 rings (SSSR count). The number of carboxylic acid groups (broad SMARTS) is 1. The Labute approximate surface area is 167 Å². The highest BCUT2D eigenvalue weighted by atomic mass is 16.6. The second-order valence-corrected chi connectivity index (χ2v) is 9.69. The van der Waals surface area contributed by atoms with Crippen molar-refractivity contribution in [3.05, 3.63) is 12.7 Å². The van der Waals surface area contributed by atoms with Crippen LogP contribution in [0.25, 0.3) is 0 Å². The Morgan fingerprint density at radius 3 is 1.57 bits per heavy atom. The molecule has 0 fully saturated rings. The highest BCUT2D eigenvalue weighted by Crippen LogP contribution is 2.22. The van der Waals surface area contributed by atoms with Crippen LogP contribution in [0.3, 0.4) is 0 Å². The molecule has 8 heteroatoms. The molecule has 0 aliphatic rings. The Morgan fingerprint density at radius 2 is 1.32 bits per heavy atom. The van der Waals surface area contributed by atoms with E-state index in [1.807, 2.05) is 20.8 Å². The van der Waals surface area contributed by atoms with Gasteiger partial charge in [-0.15, -0.1) is 6.58 Å². The highest BCUT2D eigenvalue weighted by Gasteiger charge is 2.44. The first kappa shape index (κ1) is 25.9. The molecule has 0 aromatic rings. The van der Waals surface area contributed by atoms with Gasteiger partial charge in [-0.25, -0.2) is 14.4 Å². The summed E-state index contributed by atoms with van der Waals surface area (Å²) in [6.07, 6.45) is -2.19. The summed E-state index contributed by atoms with van der Waals surface area (Å²) in [6, 6.07) is -1.70. The molecular weight excluding hydrogens is 366 g/mol. The molecule has 0 spiro atoms. The largest absolute Gasteiger partial charge is 0.480 e. The smallest absolute Gasteiger partial charge is 0.420 e. The van der Waals surface area contributed by atoms with Gasteiger partial charge in [0.25, 0.3) is 0 Å². The normalized spacial score (nSPS) is 14.6. The Bertz CT molecular complexity index is 551. The van der Waals surface area contributed by atoms with Gasteiger partial charge in [-0.3, -0.25) is 0 Å². The Balaban J connectivity index is 6.03. The van der Waals surface area contributed by atoms with Crippen molar-refractivity contribution in [1.82, 2.24) is 4.90 Å². The zero-order valence-corrected chi connectivity index (χ0v) is 18.5. The van der Waals surface area contributed by atoms with Gasteiger partial charge < -0.3 is 19.3 Å². The van der Waals surface area contributed by atoms with E-state index in [4.69, 9.17) is 14.2 Å². The fourth-order valence-corrected chi connectivity index (χ4v) is 1.96. The van der Waals surface area contributed by atoms with E-state index in [2.05, 4.69) is 6.58 Å². The number of hydrogen-bond donors (Lipinski definition) is 1. The van der Waals surface area contributed by atoms with Gasteiger partial charge in [0.15, 0.2) is 6.04 Å². The molecule has 2 amide bonds. The predicted octanol–water partition coefficient (Wildman–Crippen LogP) is 4.23. The number of nitrogens with zero attached hydrogens (tertiary/aromatic N) is 1. The summed E-state index contributed by atoms with van der Waals surface area (Å²) in [5.74, 6) is -1.45. The first-order valence-corrected chi connectivity index (χ1v) is 9.10. The van der Waals surface area contributed by atoms with Crippen LogP contribution in [-0.2, 0) is 19.0 Å². The van der Waals surface area contributed by atoms with Gasteiger partial charge in [-0.2, -0.15) is 4.90 Å². The van der Waals surface area contributed by atoms with Crippen LogP contribution in [-0.4, -0.2) is 58.1 Å². The number of amides is 2. The Morgan fingerprint density at radius 1 is 0.929 bits per heavy atom. The lowest BCUT2D eigenvalue weighted by Gasteiger charge is -2.34. The Kier molecular flexibility index (Phi) is 8.70. The molecule has 0 heterocycles. The maximum Gasteiger partial charge on any atom is 0.420 e. The SMILES string of the molecule is C=C[C@H](OCC(C)(C)C)[C@H](C(=O)O)N(C(=O)OC(C)(C)C)C(=O)OC(C)(C)C. The first-order chi connectivity index (χ1) is 12.4. The van der Waals surface area contributed by atoms with Crippen molar-refractivity contribution in [1.29, 1.82) is 0 Å². The molecule has 28 heavy (non-hydrogen) atoms. The molecule has 0 aliphatic carbocycles. The standard InChI is InChI=1S/C20H35NO7/c1-11-13(26-12-18(2,3)4)14(15(22)23)21(16(24)27-19(5,6)7)17(25)28-20(8,9)10/h11,13-14H,1,12H2,2-10H3,(H,22,23)/t13-,14+/m0/s1. The number of aliphatic carboxylic acids is 1. The van der Waals surface area contributed by atoms with Crippen LogP contribution >= 0.6 is 0 Å².